The Hall–Kier alpha value is -13.3. The number of nitrogens with two attached hydrogens (primary N) is 2. The van der Waals surface area contributed by atoms with Gasteiger partial charge < -0.3 is 137 Å². The molecule has 17 amide bonds. The van der Waals surface area contributed by atoms with E-state index in [4.69, 9.17) is 16.9 Å². The summed E-state index contributed by atoms with van der Waals surface area (Å²) >= 11 is 2.63. The molecule has 808 valence electrons. The van der Waals surface area contributed by atoms with Crippen molar-refractivity contribution in [2.75, 3.05) is 50.3 Å². The van der Waals surface area contributed by atoms with Crippen molar-refractivity contribution in [1.82, 2.24) is 94.9 Å². The van der Waals surface area contributed by atoms with Crippen molar-refractivity contribution < 1.29 is 127 Å². The average molecular weight is 2090 g/mol. The van der Waals surface area contributed by atoms with Crippen LogP contribution in [0, 0.1) is 23.2 Å². The van der Waals surface area contributed by atoms with Crippen molar-refractivity contribution in [3.05, 3.63) is 102 Å². The molecule has 0 spiro atoms. The standard InChI is InChI=1S/C97H147N21O26S2/c1-51(2)44-68(111-90(137)73(49-60-29-31-61(121)32-30-60)114-91(138)72(48-59-24-17-14-18-25-59)113-84(131)65(34-36-77(124)125)107-88(135)69(45-52(3)4)112-89(136)70(46-53(5)6)110-83(130)63(26-19-39-101-97(99)100)105-81(128)62(98)50-119)86(133)102-54(7)79(126)109-67(38-43-146-12)94(141)117-40-20-27-74(117)93(140)115-71(47-58-22-15-13-16-23-58)87(134)103-55(8)80(127)116-78(57(10)120)95(142)118-41-21-28-75(118)92(139)108-66(37-42-145-11)85(132)106-64(33-35-76(122)123)82(129)104-56(9)96(143)144/h13-18,22-25,29-32,51-57,62-75,78,119-121H,19-21,26-28,33-50,98H2,1-12H3,(H,102,133)(H,103,134)(H,104,129)(H,105,128)(H,106,132)(H,107,135)(H,108,139)(H,109,126)(H,110,130)(H,111,137)(H,112,136)(H,113,131)(H,114,138)(H,115,140)(H,116,127)(H,122,123)(H,124,125)(H,143,144)(H4,99,100,101)/t54-,55-,56-,57+,62-,63-,64-,65-,66-,67-,68-,69-,70-,71-,72-,73-,74-,75-,78-/m0/s1. The number of thioether (sulfide) groups is 2. The van der Waals surface area contributed by atoms with E-state index in [1.54, 1.807) is 115 Å². The van der Waals surface area contributed by atoms with Crippen LogP contribution in [0.3, 0.4) is 0 Å². The van der Waals surface area contributed by atoms with Gasteiger partial charge in [-0.2, -0.15) is 23.5 Å². The van der Waals surface area contributed by atoms with E-state index in [0.717, 1.165) is 11.8 Å². The van der Waals surface area contributed by atoms with Crippen molar-refractivity contribution in [1.29, 1.82) is 5.41 Å². The molecule has 2 aliphatic heterocycles. The van der Waals surface area contributed by atoms with Crippen LogP contribution >= 0.6 is 23.5 Å². The number of aliphatic hydroxyl groups is 2. The maximum atomic E-state index is 15.2. The van der Waals surface area contributed by atoms with Gasteiger partial charge in [-0.3, -0.25) is 101 Å². The second kappa shape index (κ2) is 62.5. The third-order valence-corrected chi connectivity index (χ3v) is 25.3. The van der Waals surface area contributed by atoms with Gasteiger partial charge >= 0.3 is 17.9 Å². The van der Waals surface area contributed by atoms with Crippen molar-refractivity contribution in [3.63, 3.8) is 0 Å². The Labute approximate surface area is 856 Å². The molecule has 3 aromatic rings. The number of rotatable bonds is 63. The molecule has 19 atom stereocenters. The third-order valence-electron chi connectivity index (χ3n) is 24.0. The van der Waals surface area contributed by atoms with Gasteiger partial charge in [-0.05, 0) is 182 Å². The first-order valence-corrected chi connectivity index (χ1v) is 51.5. The van der Waals surface area contributed by atoms with Crippen LogP contribution in [-0.2, 0) is 115 Å². The first kappa shape index (κ1) is 123. The summed E-state index contributed by atoms with van der Waals surface area (Å²) in [5.74, 6) is -20.5. The molecule has 3 aromatic carbocycles. The van der Waals surface area contributed by atoms with Gasteiger partial charge in [0.25, 0.3) is 0 Å². The van der Waals surface area contributed by atoms with Gasteiger partial charge in [0, 0.05) is 51.7 Å². The molecule has 27 N–H and O–H groups in total. The Morgan fingerprint density at radius 2 is 0.712 bits per heavy atom. The molecule has 49 heteroatoms. The smallest absolute Gasteiger partial charge is 0.325 e. The number of aliphatic carboxylic acids is 3. The molecule has 2 heterocycles. The zero-order valence-corrected chi connectivity index (χ0v) is 86.1. The summed E-state index contributed by atoms with van der Waals surface area (Å²) in [7, 11) is 0. The highest BCUT2D eigenvalue weighted by Gasteiger charge is 2.45. The van der Waals surface area contributed by atoms with E-state index in [2.05, 4.69) is 85.1 Å². The van der Waals surface area contributed by atoms with E-state index in [1.807, 2.05) is 0 Å². The largest absolute Gasteiger partial charge is 0.508 e. The van der Waals surface area contributed by atoms with Crippen LogP contribution < -0.4 is 96.5 Å². The number of carbonyl (C=O) groups is 20. The summed E-state index contributed by atoms with van der Waals surface area (Å²) in [4.78, 5) is 283. The van der Waals surface area contributed by atoms with Gasteiger partial charge in [0.15, 0.2) is 5.96 Å². The van der Waals surface area contributed by atoms with Gasteiger partial charge in [-0.25, -0.2) is 0 Å². The molecular weight excluding hydrogens is 1940 g/mol. The first-order valence-electron chi connectivity index (χ1n) is 48.8. The van der Waals surface area contributed by atoms with Crippen LogP contribution in [0.2, 0.25) is 0 Å². The van der Waals surface area contributed by atoms with Gasteiger partial charge in [0.2, 0.25) is 100 Å². The fraction of sp³-hybridized carbons (Fsp3) is 0.598. The van der Waals surface area contributed by atoms with Crippen LogP contribution in [0.15, 0.2) is 84.9 Å². The minimum absolute atomic E-state index is 0.000704. The minimum Gasteiger partial charge on any atom is -0.508 e. The zero-order chi connectivity index (χ0) is 109. The molecular formula is C97H147N21O26S2. The molecule has 0 radical (unpaired) electrons. The summed E-state index contributed by atoms with van der Waals surface area (Å²) in [5.41, 5.74) is 12.5. The van der Waals surface area contributed by atoms with E-state index < -0.39 is 265 Å². The molecule has 5 rings (SSSR count). The number of aromatic hydroxyl groups is 1. The Kier molecular flexibility index (Phi) is 52.8. The first-order chi connectivity index (χ1) is 68.9. The summed E-state index contributed by atoms with van der Waals surface area (Å²) in [5, 5.41) is 109. The highest BCUT2D eigenvalue weighted by atomic mass is 32.2. The normalized spacial score (nSPS) is 16.8. The fourth-order valence-corrected chi connectivity index (χ4v) is 17.0. The number of phenolic OH excluding ortho intramolecular Hbond substituents is 1. The molecule has 146 heavy (non-hydrogen) atoms. The summed E-state index contributed by atoms with van der Waals surface area (Å²) in [6.07, 6.45) is -0.712. The quantitative estimate of drug-likeness (QED) is 0.0154. The third kappa shape index (κ3) is 42.4. The van der Waals surface area contributed by atoms with Crippen LogP contribution in [-0.4, -0.2) is 330 Å². The molecule has 0 saturated carbocycles. The number of aliphatic hydroxyl groups excluding tert-OH is 2. The van der Waals surface area contributed by atoms with Gasteiger partial charge in [-0.15, -0.1) is 0 Å². The number of hydrogen-bond donors (Lipinski definition) is 25. The molecule has 2 saturated heterocycles. The summed E-state index contributed by atoms with van der Waals surface area (Å²) in [6.45, 7) is 14.7. The topological polar surface area (TPSA) is 738 Å². The number of carboxylic acids is 3. The number of likely N-dealkylation sites (tertiary alicyclic amines) is 2. The lowest BCUT2D eigenvalue weighted by Crippen LogP contribution is -2.61. The molecule has 0 bridgehead atoms. The predicted molar refractivity (Wildman–Crippen MR) is 539 cm³/mol. The van der Waals surface area contributed by atoms with E-state index in [1.165, 1.54) is 73.5 Å². The van der Waals surface area contributed by atoms with Crippen molar-refractivity contribution in [3.8, 4) is 5.75 Å². The van der Waals surface area contributed by atoms with E-state index in [9.17, 15) is 117 Å². The number of hydrogen-bond acceptors (Lipinski definition) is 27. The lowest BCUT2D eigenvalue weighted by Gasteiger charge is -2.32. The fourth-order valence-electron chi connectivity index (χ4n) is 16.1. The van der Waals surface area contributed by atoms with Crippen LogP contribution in [0.1, 0.15) is 182 Å². The van der Waals surface area contributed by atoms with E-state index in [-0.39, 0.29) is 150 Å². The predicted octanol–water partition coefficient (Wildman–Crippen LogP) is -2.84. The van der Waals surface area contributed by atoms with Gasteiger partial charge in [0.1, 0.15) is 115 Å². The maximum Gasteiger partial charge on any atom is 0.325 e. The molecule has 2 fully saturated rings. The number of carboxylic acid groups (broad SMARTS) is 3. The maximum absolute atomic E-state index is 15.2. The zero-order valence-electron chi connectivity index (χ0n) is 84.5. The highest BCUT2D eigenvalue weighted by molar-refractivity contribution is 7.98. The SMILES string of the molecule is CSCC[C@H](NC(=O)[C@@H]1CCCN1C(=O)[C@@H](NC(=O)[C@H](C)NC(=O)[C@H](Cc1ccccc1)NC(=O)[C@@H]1CCCN1C(=O)[C@H](CCSC)NC(=O)[C@H](C)NC(=O)[C@H](CC(C)C)NC(=O)[C@H](Cc1ccc(O)cc1)NC(=O)[C@H](Cc1ccccc1)NC(=O)[C@H](CCC(=O)O)NC(=O)[C@H](CC(C)C)NC(=O)[C@H](CC(C)C)NC(=O)[C@H](CCCNC(=N)N)NC(=O)[C@@H](N)CO)[C@@H](C)O)C(=O)N[C@@H](CCC(=O)O)C(=O)N[C@@H](C)C(=O)O. The number of benzene rings is 3. The van der Waals surface area contributed by atoms with Crippen molar-refractivity contribution in [2.24, 2.45) is 29.2 Å². The summed E-state index contributed by atoms with van der Waals surface area (Å²) in [6, 6.07) is -4.14. The van der Waals surface area contributed by atoms with Crippen molar-refractivity contribution in [2.45, 2.75) is 300 Å². The number of amides is 17. The second-order valence-corrected chi connectivity index (χ2v) is 39.6. The van der Waals surface area contributed by atoms with Gasteiger partial charge in [0.05, 0.1) is 12.7 Å². The number of carbonyl (C=O) groups excluding carboxylic acids is 17. The number of nitrogens with one attached hydrogen (secondary N) is 17. The minimum atomic E-state index is -1.74. The number of nitrogens with zero attached hydrogens (tertiary/aromatic N) is 2. The monoisotopic (exact) mass is 2090 g/mol. The molecule has 47 nitrogen and oxygen atoms in total. The molecule has 2 aliphatic rings. The lowest BCUT2D eigenvalue weighted by molar-refractivity contribution is -0.145. The van der Waals surface area contributed by atoms with Crippen molar-refractivity contribution >= 4 is 148 Å². The molecule has 0 aromatic heterocycles. The Balaban J connectivity index is 1.34. The van der Waals surface area contributed by atoms with Gasteiger partial charge in [-0.1, -0.05) is 114 Å². The van der Waals surface area contributed by atoms with E-state index in [0.29, 0.717) is 16.7 Å². The molecule has 0 unspecified atom stereocenters. The Morgan fingerprint density at radius 3 is 1.11 bits per heavy atom. The van der Waals surface area contributed by atoms with Crippen LogP contribution in [0.25, 0.3) is 0 Å². The van der Waals surface area contributed by atoms with E-state index >= 15 is 9.59 Å². The molecule has 0 aliphatic carbocycles. The van der Waals surface area contributed by atoms with Crippen LogP contribution in [0.4, 0.5) is 0 Å². The Bertz CT molecular complexity index is 4930. The van der Waals surface area contributed by atoms with Crippen LogP contribution in [0.5, 0.6) is 5.75 Å². The lowest BCUT2D eigenvalue weighted by atomic mass is 9.99. The number of guanidine groups is 1. The number of phenols is 1. The summed E-state index contributed by atoms with van der Waals surface area (Å²) < 4.78 is 0. The second-order valence-electron chi connectivity index (χ2n) is 37.6. The average Bonchev–Trinajstić information content (AvgIpc) is 1.63. The highest BCUT2D eigenvalue weighted by Crippen LogP contribution is 2.25. The Morgan fingerprint density at radius 1 is 0.390 bits per heavy atom.